The van der Waals surface area contributed by atoms with Crippen LogP contribution in [0.4, 0.5) is 5.82 Å². The van der Waals surface area contributed by atoms with Crippen molar-refractivity contribution in [3.8, 4) is 5.75 Å². The number of ether oxygens (including phenoxy) is 1. The summed E-state index contributed by atoms with van der Waals surface area (Å²) in [5, 5.41) is 3.12. The normalized spacial score (nSPS) is 10.6. The molecule has 4 heteroatoms. The first-order valence-corrected chi connectivity index (χ1v) is 6.66. The van der Waals surface area contributed by atoms with E-state index in [2.05, 4.69) is 34.4 Å². The standard InChI is InChI=1S/C16H21N3O/c1-17-16-14(8-6-10-18-16)12-19(2)11-13-7-4-5-9-15(13)20-3/h4-10H,11-12H2,1-3H3,(H,17,18). The Morgan fingerprint density at radius 3 is 2.55 bits per heavy atom. The van der Waals surface area contributed by atoms with Gasteiger partial charge in [0.05, 0.1) is 7.11 Å². The van der Waals surface area contributed by atoms with Crippen molar-refractivity contribution in [1.29, 1.82) is 0 Å². The van der Waals surface area contributed by atoms with E-state index in [0.717, 1.165) is 24.7 Å². The van der Waals surface area contributed by atoms with E-state index in [4.69, 9.17) is 4.74 Å². The molecule has 2 aromatic rings. The number of para-hydroxylation sites is 1. The highest BCUT2D eigenvalue weighted by Gasteiger charge is 2.08. The number of rotatable bonds is 6. The Kier molecular flexibility index (Phi) is 4.96. The van der Waals surface area contributed by atoms with Crippen LogP contribution in [-0.4, -0.2) is 31.1 Å². The SMILES string of the molecule is CNc1ncccc1CN(C)Cc1ccccc1OC. The lowest BCUT2D eigenvalue weighted by Gasteiger charge is -2.19. The summed E-state index contributed by atoms with van der Waals surface area (Å²) < 4.78 is 5.39. The van der Waals surface area contributed by atoms with E-state index in [-0.39, 0.29) is 0 Å². The van der Waals surface area contributed by atoms with Gasteiger partial charge in [-0.1, -0.05) is 24.3 Å². The third kappa shape index (κ3) is 3.48. The summed E-state index contributed by atoms with van der Waals surface area (Å²) in [4.78, 5) is 6.57. The molecule has 0 spiro atoms. The Morgan fingerprint density at radius 1 is 1.10 bits per heavy atom. The number of anilines is 1. The number of nitrogens with one attached hydrogen (secondary N) is 1. The maximum Gasteiger partial charge on any atom is 0.130 e. The second kappa shape index (κ2) is 6.91. The van der Waals surface area contributed by atoms with Gasteiger partial charge in [-0.05, 0) is 19.2 Å². The molecule has 0 amide bonds. The van der Waals surface area contributed by atoms with Gasteiger partial charge in [-0.15, -0.1) is 0 Å². The highest BCUT2D eigenvalue weighted by atomic mass is 16.5. The monoisotopic (exact) mass is 271 g/mol. The van der Waals surface area contributed by atoms with E-state index in [1.165, 1.54) is 11.1 Å². The zero-order valence-electron chi connectivity index (χ0n) is 12.3. The Balaban J connectivity index is 2.07. The molecule has 0 saturated carbocycles. The zero-order chi connectivity index (χ0) is 14.4. The van der Waals surface area contributed by atoms with Gasteiger partial charge in [0.2, 0.25) is 0 Å². The van der Waals surface area contributed by atoms with Gasteiger partial charge in [-0.2, -0.15) is 0 Å². The second-order valence-corrected chi connectivity index (χ2v) is 4.75. The van der Waals surface area contributed by atoms with Crippen molar-refractivity contribution in [3.05, 3.63) is 53.7 Å². The molecule has 0 unspecified atom stereocenters. The summed E-state index contributed by atoms with van der Waals surface area (Å²) in [6.45, 7) is 1.67. The first-order valence-electron chi connectivity index (χ1n) is 6.66. The molecule has 0 aliphatic heterocycles. The predicted molar refractivity (Wildman–Crippen MR) is 81.9 cm³/mol. The minimum absolute atomic E-state index is 0.835. The molecule has 0 bridgehead atoms. The maximum absolute atomic E-state index is 5.39. The number of benzene rings is 1. The van der Waals surface area contributed by atoms with Crippen molar-refractivity contribution in [1.82, 2.24) is 9.88 Å². The minimum Gasteiger partial charge on any atom is -0.496 e. The van der Waals surface area contributed by atoms with Gasteiger partial charge in [0, 0.05) is 37.5 Å². The van der Waals surface area contributed by atoms with Gasteiger partial charge in [-0.3, -0.25) is 4.90 Å². The number of hydrogen-bond acceptors (Lipinski definition) is 4. The molecule has 0 aliphatic rings. The smallest absolute Gasteiger partial charge is 0.130 e. The largest absolute Gasteiger partial charge is 0.496 e. The topological polar surface area (TPSA) is 37.4 Å². The van der Waals surface area contributed by atoms with E-state index in [9.17, 15) is 0 Å². The molecule has 0 fully saturated rings. The fraction of sp³-hybridized carbons (Fsp3) is 0.312. The number of aromatic nitrogens is 1. The van der Waals surface area contributed by atoms with Crippen molar-refractivity contribution in [2.45, 2.75) is 13.1 Å². The van der Waals surface area contributed by atoms with Crippen LogP contribution >= 0.6 is 0 Å². The van der Waals surface area contributed by atoms with E-state index < -0.39 is 0 Å². The molecule has 0 saturated heterocycles. The van der Waals surface area contributed by atoms with Crippen LogP contribution < -0.4 is 10.1 Å². The first kappa shape index (κ1) is 14.3. The quantitative estimate of drug-likeness (QED) is 0.876. The van der Waals surface area contributed by atoms with Gasteiger partial charge in [0.15, 0.2) is 0 Å². The first-order chi connectivity index (χ1) is 9.74. The van der Waals surface area contributed by atoms with Crippen LogP contribution in [0.3, 0.4) is 0 Å². The van der Waals surface area contributed by atoms with Crippen molar-refractivity contribution < 1.29 is 4.74 Å². The second-order valence-electron chi connectivity index (χ2n) is 4.75. The van der Waals surface area contributed by atoms with Crippen LogP contribution in [0.1, 0.15) is 11.1 Å². The molecule has 1 aromatic heterocycles. The van der Waals surface area contributed by atoms with Crippen molar-refractivity contribution in [3.63, 3.8) is 0 Å². The molecule has 0 aliphatic carbocycles. The zero-order valence-corrected chi connectivity index (χ0v) is 12.3. The average Bonchev–Trinajstić information content (AvgIpc) is 2.48. The summed E-state index contributed by atoms with van der Waals surface area (Å²) in [5.41, 5.74) is 2.37. The van der Waals surface area contributed by atoms with Gasteiger partial charge >= 0.3 is 0 Å². The number of hydrogen-bond donors (Lipinski definition) is 1. The summed E-state index contributed by atoms with van der Waals surface area (Å²) >= 11 is 0. The Morgan fingerprint density at radius 2 is 1.80 bits per heavy atom. The molecule has 0 atom stereocenters. The van der Waals surface area contributed by atoms with E-state index in [1.54, 1.807) is 13.3 Å². The highest BCUT2D eigenvalue weighted by Crippen LogP contribution is 2.20. The molecule has 1 N–H and O–H groups in total. The molecule has 4 nitrogen and oxygen atoms in total. The fourth-order valence-electron chi connectivity index (χ4n) is 2.26. The lowest BCUT2D eigenvalue weighted by Crippen LogP contribution is -2.18. The summed E-state index contributed by atoms with van der Waals surface area (Å²) in [6, 6.07) is 12.2. The Labute approximate surface area is 120 Å². The van der Waals surface area contributed by atoms with Gasteiger partial charge in [0.1, 0.15) is 11.6 Å². The van der Waals surface area contributed by atoms with E-state index in [1.807, 2.05) is 31.3 Å². The van der Waals surface area contributed by atoms with Crippen LogP contribution in [0.2, 0.25) is 0 Å². The van der Waals surface area contributed by atoms with E-state index in [0.29, 0.717) is 0 Å². The van der Waals surface area contributed by atoms with Gasteiger partial charge in [-0.25, -0.2) is 4.98 Å². The van der Waals surface area contributed by atoms with Crippen LogP contribution in [0.15, 0.2) is 42.6 Å². The highest BCUT2D eigenvalue weighted by molar-refractivity contribution is 5.43. The lowest BCUT2D eigenvalue weighted by molar-refractivity contribution is 0.310. The van der Waals surface area contributed by atoms with Gasteiger partial charge < -0.3 is 10.1 Å². The number of nitrogens with zero attached hydrogens (tertiary/aromatic N) is 2. The fourth-order valence-corrected chi connectivity index (χ4v) is 2.26. The molecule has 2 rings (SSSR count). The molecule has 1 aromatic carbocycles. The van der Waals surface area contributed by atoms with Gasteiger partial charge in [0.25, 0.3) is 0 Å². The predicted octanol–water partition coefficient (Wildman–Crippen LogP) is 2.76. The average molecular weight is 271 g/mol. The summed E-state index contributed by atoms with van der Waals surface area (Å²) in [6.07, 6.45) is 1.80. The third-order valence-electron chi connectivity index (χ3n) is 3.20. The lowest BCUT2D eigenvalue weighted by atomic mass is 10.1. The van der Waals surface area contributed by atoms with Crippen LogP contribution in [0.25, 0.3) is 0 Å². The molecular formula is C16H21N3O. The Hall–Kier alpha value is -2.07. The molecule has 0 radical (unpaired) electrons. The maximum atomic E-state index is 5.39. The van der Waals surface area contributed by atoms with Crippen LogP contribution in [0, 0.1) is 0 Å². The number of methoxy groups -OCH3 is 1. The van der Waals surface area contributed by atoms with Crippen LogP contribution in [0.5, 0.6) is 5.75 Å². The van der Waals surface area contributed by atoms with Crippen molar-refractivity contribution in [2.75, 3.05) is 26.5 Å². The Bertz CT molecular complexity index is 507. The third-order valence-corrected chi connectivity index (χ3v) is 3.20. The summed E-state index contributed by atoms with van der Waals surface area (Å²) in [5.74, 6) is 1.86. The molecule has 1 heterocycles. The summed E-state index contributed by atoms with van der Waals surface area (Å²) in [7, 11) is 5.70. The molecule has 20 heavy (non-hydrogen) atoms. The molecule has 106 valence electrons. The van der Waals surface area contributed by atoms with Crippen molar-refractivity contribution >= 4 is 5.82 Å². The van der Waals surface area contributed by atoms with E-state index >= 15 is 0 Å². The van der Waals surface area contributed by atoms with Crippen molar-refractivity contribution in [2.24, 2.45) is 0 Å². The molecular weight excluding hydrogens is 250 g/mol. The number of pyridine rings is 1. The van der Waals surface area contributed by atoms with Crippen LogP contribution in [-0.2, 0) is 13.1 Å². The minimum atomic E-state index is 0.835.